The maximum Gasteiger partial charge on any atom is 0.326 e. The van der Waals surface area contributed by atoms with Gasteiger partial charge in [0.2, 0.25) is 0 Å². The van der Waals surface area contributed by atoms with Crippen molar-refractivity contribution in [2.24, 2.45) is 0 Å². The van der Waals surface area contributed by atoms with E-state index < -0.39 is 12.0 Å². The molecule has 6 heteroatoms. The van der Waals surface area contributed by atoms with Crippen LogP contribution < -0.4 is 5.32 Å². The lowest BCUT2D eigenvalue weighted by atomic mass is 10.2. The zero-order valence-corrected chi connectivity index (χ0v) is 11.6. The molecule has 0 aromatic heterocycles. The Morgan fingerprint density at radius 3 is 2.79 bits per heavy atom. The normalized spacial score (nSPS) is 18.6. The number of carbonyl (C=O) groups excluding carboxylic acids is 1. The molecule has 0 aromatic rings. The molecule has 0 spiro atoms. The van der Waals surface area contributed by atoms with Crippen molar-refractivity contribution in [3.63, 3.8) is 0 Å². The number of hydrogen-bond donors (Lipinski definition) is 2. The van der Waals surface area contributed by atoms with Gasteiger partial charge in [0.25, 0.3) is 0 Å². The fourth-order valence-electron chi connectivity index (χ4n) is 2.09. The fourth-order valence-corrected chi connectivity index (χ4v) is 2.09. The second kappa shape index (κ2) is 8.74. The number of carboxylic acids is 1. The predicted molar refractivity (Wildman–Crippen MR) is 71.1 cm³/mol. The monoisotopic (exact) mass is 272 g/mol. The molecule has 0 radical (unpaired) electrons. The van der Waals surface area contributed by atoms with E-state index in [9.17, 15) is 9.59 Å². The molecule has 2 amide bonds. The second-order valence-electron chi connectivity index (χ2n) is 4.74. The predicted octanol–water partition coefficient (Wildman–Crippen LogP) is 1.45. The summed E-state index contributed by atoms with van der Waals surface area (Å²) >= 11 is 0. The van der Waals surface area contributed by atoms with Crippen LogP contribution in [0.1, 0.15) is 39.0 Å². The average Bonchev–Trinajstić information content (AvgIpc) is 2.87. The number of nitrogens with zero attached hydrogens (tertiary/aromatic N) is 1. The quantitative estimate of drug-likeness (QED) is 0.655. The molecule has 2 N–H and O–H groups in total. The van der Waals surface area contributed by atoms with E-state index in [1.165, 1.54) is 4.90 Å². The Labute approximate surface area is 114 Å². The molecule has 0 bridgehead atoms. The van der Waals surface area contributed by atoms with Crippen LogP contribution in [-0.4, -0.2) is 54.4 Å². The van der Waals surface area contributed by atoms with Crippen molar-refractivity contribution in [3.8, 4) is 0 Å². The molecule has 1 fully saturated rings. The van der Waals surface area contributed by atoms with Crippen LogP contribution in [0.15, 0.2) is 0 Å². The van der Waals surface area contributed by atoms with Crippen molar-refractivity contribution in [2.75, 3.05) is 26.3 Å². The summed E-state index contributed by atoms with van der Waals surface area (Å²) < 4.78 is 5.38. The zero-order chi connectivity index (χ0) is 14.1. The SMILES string of the molecule is CCCCOCCCNC(=O)N1CCC[C@H]1C(=O)O. The van der Waals surface area contributed by atoms with Gasteiger partial charge >= 0.3 is 12.0 Å². The number of carbonyl (C=O) groups is 2. The van der Waals surface area contributed by atoms with Crippen molar-refractivity contribution in [2.45, 2.75) is 45.1 Å². The smallest absolute Gasteiger partial charge is 0.326 e. The van der Waals surface area contributed by atoms with Crippen LogP contribution in [-0.2, 0) is 9.53 Å². The fraction of sp³-hybridized carbons (Fsp3) is 0.846. The third kappa shape index (κ3) is 5.46. The molecule has 1 aliphatic rings. The third-order valence-corrected chi connectivity index (χ3v) is 3.18. The van der Waals surface area contributed by atoms with E-state index in [1.807, 2.05) is 0 Å². The molecular weight excluding hydrogens is 248 g/mol. The van der Waals surface area contributed by atoms with Crippen molar-refractivity contribution in [1.29, 1.82) is 0 Å². The van der Waals surface area contributed by atoms with E-state index in [0.29, 0.717) is 26.1 Å². The third-order valence-electron chi connectivity index (χ3n) is 3.18. The Kier molecular flexibility index (Phi) is 7.25. The van der Waals surface area contributed by atoms with Gasteiger partial charge in [-0.05, 0) is 25.7 Å². The van der Waals surface area contributed by atoms with E-state index in [0.717, 1.165) is 32.3 Å². The molecule has 0 saturated carbocycles. The van der Waals surface area contributed by atoms with Gasteiger partial charge in [-0.3, -0.25) is 0 Å². The molecule has 0 aliphatic carbocycles. The summed E-state index contributed by atoms with van der Waals surface area (Å²) in [6.07, 6.45) is 4.22. The highest BCUT2D eigenvalue weighted by Gasteiger charge is 2.33. The lowest BCUT2D eigenvalue weighted by molar-refractivity contribution is -0.141. The second-order valence-corrected chi connectivity index (χ2v) is 4.74. The molecule has 6 nitrogen and oxygen atoms in total. The first-order chi connectivity index (χ1) is 9.16. The first kappa shape index (κ1) is 15.8. The largest absolute Gasteiger partial charge is 0.480 e. The van der Waals surface area contributed by atoms with E-state index in [1.54, 1.807) is 0 Å². The van der Waals surface area contributed by atoms with E-state index in [2.05, 4.69) is 12.2 Å². The van der Waals surface area contributed by atoms with Crippen molar-refractivity contribution in [1.82, 2.24) is 10.2 Å². The number of amides is 2. The molecule has 1 saturated heterocycles. The Morgan fingerprint density at radius 2 is 2.11 bits per heavy atom. The molecule has 1 aliphatic heterocycles. The van der Waals surface area contributed by atoms with Gasteiger partial charge in [0.1, 0.15) is 6.04 Å². The van der Waals surface area contributed by atoms with E-state index >= 15 is 0 Å². The van der Waals surface area contributed by atoms with Gasteiger partial charge in [-0.25, -0.2) is 9.59 Å². The summed E-state index contributed by atoms with van der Waals surface area (Å²) in [5.74, 6) is -0.921. The minimum Gasteiger partial charge on any atom is -0.480 e. The number of nitrogens with one attached hydrogen (secondary N) is 1. The number of likely N-dealkylation sites (tertiary alicyclic amines) is 1. The average molecular weight is 272 g/mol. The van der Waals surface area contributed by atoms with Crippen LogP contribution in [0.2, 0.25) is 0 Å². The Morgan fingerprint density at radius 1 is 1.37 bits per heavy atom. The van der Waals surface area contributed by atoms with Gasteiger partial charge in [-0.15, -0.1) is 0 Å². The summed E-state index contributed by atoms with van der Waals surface area (Å²) in [6, 6.07) is -0.945. The topological polar surface area (TPSA) is 78.9 Å². The highest BCUT2D eigenvalue weighted by molar-refractivity contribution is 5.83. The van der Waals surface area contributed by atoms with Crippen LogP contribution in [0, 0.1) is 0 Å². The summed E-state index contributed by atoms with van der Waals surface area (Å²) in [5.41, 5.74) is 0. The zero-order valence-electron chi connectivity index (χ0n) is 11.6. The first-order valence-corrected chi connectivity index (χ1v) is 7.01. The summed E-state index contributed by atoms with van der Waals surface area (Å²) in [7, 11) is 0. The molecule has 1 rings (SSSR count). The molecule has 1 atom stereocenters. The standard InChI is InChI=1S/C13H24N2O4/c1-2-3-9-19-10-5-7-14-13(18)15-8-4-6-11(15)12(16)17/h11H,2-10H2,1H3,(H,14,18)(H,16,17)/t11-/m0/s1. The lowest BCUT2D eigenvalue weighted by Gasteiger charge is -2.21. The molecule has 110 valence electrons. The molecular formula is C13H24N2O4. The Hall–Kier alpha value is -1.30. The van der Waals surface area contributed by atoms with Crippen LogP contribution >= 0.6 is 0 Å². The Bertz CT molecular complexity index is 296. The number of ether oxygens (including phenoxy) is 1. The highest BCUT2D eigenvalue weighted by Crippen LogP contribution is 2.17. The van der Waals surface area contributed by atoms with E-state index in [-0.39, 0.29) is 6.03 Å². The summed E-state index contributed by atoms with van der Waals surface area (Å²) in [5, 5.41) is 11.7. The maximum absolute atomic E-state index is 11.8. The lowest BCUT2D eigenvalue weighted by Crippen LogP contribution is -2.46. The van der Waals surface area contributed by atoms with Crippen LogP contribution in [0.4, 0.5) is 4.79 Å². The van der Waals surface area contributed by atoms with Gasteiger partial charge in [-0.2, -0.15) is 0 Å². The summed E-state index contributed by atoms with van der Waals surface area (Å²) in [6.45, 7) is 4.54. The number of carboxylic acid groups (broad SMARTS) is 1. The maximum atomic E-state index is 11.8. The van der Waals surface area contributed by atoms with Crippen molar-refractivity contribution >= 4 is 12.0 Å². The van der Waals surface area contributed by atoms with Crippen molar-refractivity contribution < 1.29 is 19.4 Å². The molecule has 0 unspecified atom stereocenters. The number of unbranched alkanes of at least 4 members (excludes halogenated alkanes) is 1. The molecule has 1 heterocycles. The van der Waals surface area contributed by atoms with Gasteiger partial charge < -0.3 is 20.1 Å². The number of urea groups is 1. The highest BCUT2D eigenvalue weighted by atomic mass is 16.5. The van der Waals surface area contributed by atoms with Gasteiger partial charge in [0.05, 0.1) is 0 Å². The summed E-state index contributed by atoms with van der Waals surface area (Å²) in [4.78, 5) is 24.2. The number of hydrogen-bond acceptors (Lipinski definition) is 3. The molecule has 0 aromatic carbocycles. The van der Waals surface area contributed by atoms with E-state index in [4.69, 9.17) is 9.84 Å². The minimum absolute atomic E-state index is 0.279. The van der Waals surface area contributed by atoms with Gasteiger partial charge in [0.15, 0.2) is 0 Å². The van der Waals surface area contributed by atoms with Crippen molar-refractivity contribution in [3.05, 3.63) is 0 Å². The number of aliphatic carboxylic acids is 1. The van der Waals surface area contributed by atoms with Gasteiger partial charge in [-0.1, -0.05) is 13.3 Å². The minimum atomic E-state index is -0.921. The van der Waals surface area contributed by atoms with Crippen LogP contribution in [0.5, 0.6) is 0 Å². The molecule has 19 heavy (non-hydrogen) atoms. The van der Waals surface area contributed by atoms with Gasteiger partial charge in [0, 0.05) is 26.3 Å². The number of rotatable bonds is 8. The van der Waals surface area contributed by atoms with Crippen LogP contribution in [0.3, 0.4) is 0 Å². The Balaban J connectivity index is 2.12. The first-order valence-electron chi connectivity index (χ1n) is 7.01. The van der Waals surface area contributed by atoms with Crippen LogP contribution in [0.25, 0.3) is 0 Å².